The van der Waals surface area contributed by atoms with Crippen molar-refractivity contribution in [1.82, 2.24) is 4.90 Å². The van der Waals surface area contributed by atoms with E-state index in [9.17, 15) is 5.11 Å². The van der Waals surface area contributed by atoms with Gasteiger partial charge in [0.15, 0.2) is 0 Å². The van der Waals surface area contributed by atoms with Crippen LogP contribution in [0.3, 0.4) is 0 Å². The van der Waals surface area contributed by atoms with Crippen LogP contribution < -0.4 is 0 Å². The van der Waals surface area contributed by atoms with Crippen molar-refractivity contribution in [2.75, 3.05) is 13.1 Å². The summed E-state index contributed by atoms with van der Waals surface area (Å²) in [7, 11) is 0. The van der Waals surface area contributed by atoms with Crippen LogP contribution in [0.25, 0.3) is 0 Å². The van der Waals surface area contributed by atoms with E-state index in [1.54, 1.807) is 11.3 Å². The first-order valence-corrected chi connectivity index (χ1v) is 6.14. The zero-order chi connectivity index (χ0) is 9.97. The van der Waals surface area contributed by atoms with Crippen molar-refractivity contribution >= 4 is 22.9 Å². The molecule has 0 amide bonds. The van der Waals surface area contributed by atoms with Gasteiger partial charge in [-0.2, -0.15) is 0 Å². The summed E-state index contributed by atoms with van der Waals surface area (Å²) in [4.78, 5) is 3.48. The molecule has 0 saturated carbocycles. The number of rotatable bonds is 2. The fraction of sp³-hybridized carbons (Fsp3) is 0.600. The van der Waals surface area contributed by atoms with Gasteiger partial charge in [-0.05, 0) is 30.8 Å². The predicted octanol–water partition coefficient (Wildman–Crippen LogP) is 2.36. The van der Waals surface area contributed by atoms with Gasteiger partial charge in [-0.1, -0.05) is 11.6 Å². The van der Waals surface area contributed by atoms with E-state index in [2.05, 4.69) is 4.90 Å². The normalized spacial score (nSPS) is 24.0. The number of piperidine rings is 1. The monoisotopic (exact) mass is 231 g/mol. The number of aliphatic hydroxyl groups excluding tert-OH is 1. The molecule has 1 aliphatic heterocycles. The first kappa shape index (κ1) is 10.4. The first-order chi connectivity index (χ1) is 6.75. The van der Waals surface area contributed by atoms with Gasteiger partial charge in [0, 0.05) is 18.0 Å². The van der Waals surface area contributed by atoms with Crippen LogP contribution in [0.1, 0.15) is 17.7 Å². The molecule has 14 heavy (non-hydrogen) atoms. The van der Waals surface area contributed by atoms with Gasteiger partial charge in [0.25, 0.3) is 0 Å². The highest BCUT2D eigenvalue weighted by molar-refractivity contribution is 7.10. The number of likely N-dealkylation sites (tertiary alicyclic amines) is 1. The molecule has 0 bridgehead atoms. The summed E-state index contributed by atoms with van der Waals surface area (Å²) in [6, 6.07) is 1.93. The first-order valence-electron chi connectivity index (χ1n) is 4.88. The Morgan fingerprint density at radius 3 is 3.14 bits per heavy atom. The minimum absolute atomic E-state index is 0.150. The smallest absolute Gasteiger partial charge is 0.0667 e. The summed E-state index contributed by atoms with van der Waals surface area (Å²) in [6.07, 6.45) is 1.88. The van der Waals surface area contributed by atoms with Crippen LogP contribution in [-0.4, -0.2) is 29.2 Å². The van der Waals surface area contributed by atoms with Crippen LogP contribution in [-0.2, 0) is 6.54 Å². The molecule has 4 heteroatoms. The minimum atomic E-state index is -0.150. The molecule has 78 valence electrons. The third kappa shape index (κ3) is 2.48. The molecule has 0 aliphatic carbocycles. The standard InChI is InChI=1S/C10H14ClNOS/c11-9-3-5-14-10(9)7-12-4-1-2-8(13)6-12/h3,5,8,13H,1-2,4,6-7H2/t8-/m0/s1. The summed E-state index contributed by atoms with van der Waals surface area (Å²) in [6.45, 7) is 2.74. The lowest BCUT2D eigenvalue weighted by Crippen LogP contribution is -2.37. The second kappa shape index (κ2) is 4.62. The SMILES string of the molecule is O[C@H]1CCCN(Cc2sccc2Cl)C1. The third-order valence-corrected chi connectivity index (χ3v) is 3.91. The molecule has 1 aromatic heterocycles. The highest BCUT2D eigenvalue weighted by Gasteiger charge is 2.18. The van der Waals surface area contributed by atoms with E-state index in [0.717, 1.165) is 37.5 Å². The zero-order valence-electron chi connectivity index (χ0n) is 7.95. The highest BCUT2D eigenvalue weighted by Crippen LogP contribution is 2.24. The number of hydrogen-bond donors (Lipinski definition) is 1. The Kier molecular flexibility index (Phi) is 3.44. The van der Waals surface area contributed by atoms with E-state index in [0.29, 0.717) is 0 Å². The molecule has 1 aliphatic rings. The molecule has 0 radical (unpaired) electrons. The molecule has 1 atom stereocenters. The van der Waals surface area contributed by atoms with Gasteiger partial charge >= 0.3 is 0 Å². The van der Waals surface area contributed by atoms with Crippen molar-refractivity contribution in [1.29, 1.82) is 0 Å². The number of β-amino-alcohol motifs (C(OH)–C–C–N with tert-alkyl or cyclic N) is 1. The Bertz CT molecular complexity index is 302. The molecule has 0 unspecified atom stereocenters. The average Bonchev–Trinajstić information content (AvgIpc) is 2.52. The second-order valence-electron chi connectivity index (χ2n) is 3.72. The Balaban J connectivity index is 1.94. The van der Waals surface area contributed by atoms with Crippen LogP contribution in [0, 0.1) is 0 Å². The maximum absolute atomic E-state index is 9.51. The van der Waals surface area contributed by atoms with E-state index in [1.807, 2.05) is 11.4 Å². The van der Waals surface area contributed by atoms with Gasteiger partial charge in [-0.25, -0.2) is 0 Å². The average molecular weight is 232 g/mol. The summed E-state index contributed by atoms with van der Waals surface area (Å²) in [5.41, 5.74) is 0. The molecule has 2 rings (SSSR count). The third-order valence-electron chi connectivity index (χ3n) is 2.54. The van der Waals surface area contributed by atoms with Crippen molar-refractivity contribution in [3.05, 3.63) is 21.3 Å². The van der Waals surface area contributed by atoms with Crippen molar-refractivity contribution in [3.8, 4) is 0 Å². The van der Waals surface area contributed by atoms with Gasteiger partial charge in [0.2, 0.25) is 0 Å². The van der Waals surface area contributed by atoms with Crippen molar-refractivity contribution in [2.45, 2.75) is 25.5 Å². The molecule has 0 aromatic carbocycles. The molecule has 1 saturated heterocycles. The van der Waals surface area contributed by atoms with Crippen LogP contribution in [0.2, 0.25) is 5.02 Å². The van der Waals surface area contributed by atoms with Gasteiger partial charge in [-0.15, -0.1) is 11.3 Å². The lowest BCUT2D eigenvalue weighted by atomic mass is 10.1. The molecular formula is C10H14ClNOS. The van der Waals surface area contributed by atoms with Crippen molar-refractivity contribution in [2.24, 2.45) is 0 Å². The Morgan fingerprint density at radius 1 is 1.64 bits per heavy atom. The van der Waals surface area contributed by atoms with E-state index in [1.165, 1.54) is 4.88 Å². The maximum atomic E-state index is 9.51. The van der Waals surface area contributed by atoms with Gasteiger partial charge in [-0.3, -0.25) is 4.90 Å². The number of thiophene rings is 1. The van der Waals surface area contributed by atoms with E-state index >= 15 is 0 Å². The molecule has 1 N–H and O–H groups in total. The summed E-state index contributed by atoms with van der Waals surface area (Å²) in [5.74, 6) is 0. The zero-order valence-corrected chi connectivity index (χ0v) is 9.52. The van der Waals surface area contributed by atoms with Gasteiger partial charge in [0.05, 0.1) is 11.1 Å². The molecule has 0 spiro atoms. The van der Waals surface area contributed by atoms with E-state index in [-0.39, 0.29) is 6.10 Å². The maximum Gasteiger partial charge on any atom is 0.0667 e. The fourth-order valence-electron chi connectivity index (χ4n) is 1.82. The topological polar surface area (TPSA) is 23.5 Å². The van der Waals surface area contributed by atoms with Crippen molar-refractivity contribution < 1.29 is 5.11 Å². The van der Waals surface area contributed by atoms with E-state index in [4.69, 9.17) is 11.6 Å². The van der Waals surface area contributed by atoms with Crippen LogP contribution in [0.15, 0.2) is 11.4 Å². The number of hydrogen-bond acceptors (Lipinski definition) is 3. The molecule has 2 heterocycles. The number of halogens is 1. The summed E-state index contributed by atoms with van der Waals surface area (Å²) < 4.78 is 0. The Morgan fingerprint density at radius 2 is 2.50 bits per heavy atom. The van der Waals surface area contributed by atoms with Crippen molar-refractivity contribution in [3.63, 3.8) is 0 Å². The molecule has 1 fully saturated rings. The largest absolute Gasteiger partial charge is 0.392 e. The molecule has 2 nitrogen and oxygen atoms in total. The minimum Gasteiger partial charge on any atom is -0.392 e. The fourth-order valence-corrected chi connectivity index (χ4v) is 2.95. The van der Waals surface area contributed by atoms with Gasteiger partial charge in [0.1, 0.15) is 0 Å². The van der Waals surface area contributed by atoms with Gasteiger partial charge < -0.3 is 5.11 Å². The van der Waals surface area contributed by atoms with Crippen LogP contribution >= 0.6 is 22.9 Å². The highest BCUT2D eigenvalue weighted by atomic mass is 35.5. The summed E-state index contributed by atoms with van der Waals surface area (Å²) >= 11 is 7.71. The van der Waals surface area contributed by atoms with Crippen LogP contribution in [0.4, 0.5) is 0 Å². The molecule has 1 aromatic rings. The van der Waals surface area contributed by atoms with Crippen LogP contribution in [0.5, 0.6) is 0 Å². The van der Waals surface area contributed by atoms with E-state index < -0.39 is 0 Å². The lowest BCUT2D eigenvalue weighted by Gasteiger charge is -2.29. The number of aliphatic hydroxyl groups is 1. The second-order valence-corrected chi connectivity index (χ2v) is 5.13. The Labute approximate surface area is 93.1 Å². The molecular weight excluding hydrogens is 218 g/mol. The predicted molar refractivity (Wildman–Crippen MR) is 59.8 cm³/mol. The summed E-state index contributed by atoms with van der Waals surface area (Å²) in [5, 5.41) is 12.4. The lowest BCUT2D eigenvalue weighted by molar-refractivity contribution is 0.0674. The quantitative estimate of drug-likeness (QED) is 0.845. The Hall–Kier alpha value is -0.0900. The number of nitrogens with zero attached hydrogens (tertiary/aromatic N) is 1.